The van der Waals surface area contributed by atoms with Crippen LogP contribution in [0, 0.1) is 5.92 Å². The number of halogens is 3. The van der Waals surface area contributed by atoms with Crippen molar-refractivity contribution in [1.29, 1.82) is 0 Å². The van der Waals surface area contributed by atoms with Gasteiger partial charge in [-0.1, -0.05) is 42.5 Å². The van der Waals surface area contributed by atoms with Crippen LogP contribution in [0.15, 0.2) is 42.5 Å². The zero-order valence-electron chi connectivity index (χ0n) is 12.9. The summed E-state index contributed by atoms with van der Waals surface area (Å²) in [4.78, 5) is 10.5. The standard InChI is InChI=1S/C17H19F3O4/c18-17(19,20)16-23-11-13(9-5-2-6-10-14(21)22)15(24-16)12-7-3-1-4-8-12/h1-5,7-8,13,15-16H,6,9-11H2,(H,21,22)/b5-2-. The summed E-state index contributed by atoms with van der Waals surface area (Å²) >= 11 is 0. The van der Waals surface area contributed by atoms with Crippen molar-refractivity contribution in [3.63, 3.8) is 0 Å². The quantitative estimate of drug-likeness (QED) is 0.790. The van der Waals surface area contributed by atoms with Crippen molar-refractivity contribution < 1.29 is 32.5 Å². The Morgan fingerprint density at radius 2 is 1.96 bits per heavy atom. The van der Waals surface area contributed by atoms with Crippen molar-refractivity contribution >= 4 is 5.97 Å². The van der Waals surface area contributed by atoms with Crippen LogP contribution in [0.1, 0.15) is 30.9 Å². The number of carboxylic acids is 1. The van der Waals surface area contributed by atoms with Gasteiger partial charge in [-0.3, -0.25) is 4.79 Å². The number of carbonyl (C=O) groups is 1. The Morgan fingerprint density at radius 1 is 1.25 bits per heavy atom. The third-order valence-electron chi connectivity index (χ3n) is 3.69. The molecule has 0 bridgehead atoms. The van der Waals surface area contributed by atoms with E-state index in [0.717, 1.165) is 0 Å². The van der Waals surface area contributed by atoms with Crippen LogP contribution in [0.3, 0.4) is 0 Å². The van der Waals surface area contributed by atoms with E-state index in [2.05, 4.69) is 0 Å². The highest BCUT2D eigenvalue weighted by Crippen LogP contribution is 2.39. The number of aliphatic carboxylic acids is 1. The zero-order chi connectivity index (χ0) is 17.6. The lowest BCUT2D eigenvalue weighted by Gasteiger charge is -2.37. The molecule has 1 aromatic carbocycles. The van der Waals surface area contributed by atoms with Crippen molar-refractivity contribution in [3.05, 3.63) is 48.0 Å². The van der Waals surface area contributed by atoms with E-state index in [1.807, 2.05) is 0 Å². The molecule has 1 aliphatic rings. The van der Waals surface area contributed by atoms with Crippen LogP contribution in [0.25, 0.3) is 0 Å². The summed E-state index contributed by atoms with van der Waals surface area (Å²) in [6.07, 6.45) is -3.20. The lowest BCUT2D eigenvalue weighted by atomic mass is 9.92. The molecule has 0 aromatic heterocycles. The molecule has 3 atom stereocenters. The van der Waals surface area contributed by atoms with E-state index in [0.29, 0.717) is 18.4 Å². The fraction of sp³-hybridized carbons (Fsp3) is 0.471. The minimum Gasteiger partial charge on any atom is -0.481 e. The van der Waals surface area contributed by atoms with E-state index in [4.69, 9.17) is 14.6 Å². The third-order valence-corrected chi connectivity index (χ3v) is 3.69. The first-order valence-electron chi connectivity index (χ1n) is 7.63. The van der Waals surface area contributed by atoms with Crippen LogP contribution in [0.2, 0.25) is 0 Å². The van der Waals surface area contributed by atoms with E-state index >= 15 is 0 Å². The summed E-state index contributed by atoms with van der Waals surface area (Å²) in [6.45, 7) is -0.0764. The molecule has 2 rings (SSSR count). The van der Waals surface area contributed by atoms with Gasteiger partial charge in [-0.05, 0) is 18.4 Å². The van der Waals surface area contributed by atoms with E-state index in [1.54, 1.807) is 42.5 Å². The average molecular weight is 344 g/mol. The Morgan fingerprint density at radius 3 is 2.58 bits per heavy atom. The maximum atomic E-state index is 12.9. The van der Waals surface area contributed by atoms with E-state index in [9.17, 15) is 18.0 Å². The Balaban J connectivity index is 2.04. The SMILES string of the molecule is O=C(O)CC/C=C\CC1COC(C(F)(F)F)OC1c1ccccc1. The highest BCUT2D eigenvalue weighted by atomic mass is 19.4. The molecule has 1 aromatic rings. The molecule has 0 aliphatic carbocycles. The molecule has 1 N–H and O–H groups in total. The van der Waals surface area contributed by atoms with Gasteiger partial charge < -0.3 is 14.6 Å². The van der Waals surface area contributed by atoms with Crippen molar-refractivity contribution in [2.24, 2.45) is 5.92 Å². The number of alkyl halides is 3. The fourth-order valence-electron chi connectivity index (χ4n) is 2.53. The predicted octanol–water partition coefficient (Wildman–Crippen LogP) is 4.09. The van der Waals surface area contributed by atoms with Crippen molar-refractivity contribution in [1.82, 2.24) is 0 Å². The molecule has 7 heteroatoms. The van der Waals surface area contributed by atoms with E-state index < -0.39 is 24.5 Å². The van der Waals surface area contributed by atoms with Crippen LogP contribution in [0.5, 0.6) is 0 Å². The number of ether oxygens (including phenoxy) is 2. The maximum absolute atomic E-state index is 12.9. The first-order valence-corrected chi connectivity index (χ1v) is 7.63. The minimum atomic E-state index is -4.57. The fourth-order valence-corrected chi connectivity index (χ4v) is 2.53. The van der Waals surface area contributed by atoms with Crippen molar-refractivity contribution in [2.75, 3.05) is 6.61 Å². The molecule has 3 unspecified atom stereocenters. The van der Waals surface area contributed by atoms with Crippen LogP contribution < -0.4 is 0 Å². The molecule has 0 amide bonds. The molecule has 0 radical (unpaired) electrons. The monoisotopic (exact) mass is 344 g/mol. The molecule has 4 nitrogen and oxygen atoms in total. The Hall–Kier alpha value is -1.86. The number of rotatable bonds is 6. The normalized spacial score (nSPS) is 25.0. The van der Waals surface area contributed by atoms with Gasteiger partial charge in [0.1, 0.15) is 0 Å². The smallest absolute Gasteiger partial charge is 0.440 e. The van der Waals surface area contributed by atoms with Gasteiger partial charge in [0.05, 0.1) is 12.7 Å². The number of allylic oxidation sites excluding steroid dienone is 2. The van der Waals surface area contributed by atoms with Gasteiger partial charge in [-0.25, -0.2) is 0 Å². The topological polar surface area (TPSA) is 55.8 Å². The van der Waals surface area contributed by atoms with Crippen LogP contribution >= 0.6 is 0 Å². The Kier molecular flexibility index (Phi) is 6.39. The predicted molar refractivity (Wildman–Crippen MR) is 80.2 cm³/mol. The maximum Gasteiger partial charge on any atom is 0.440 e. The first-order chi connectivity index (χ1) is 11.4. The second-order valence-electron chi connectivity index (χ2n) is 5.57. The number of hydrogen-bond acceptors (Lipinski definition) is 3. The van der Waals surface area contributed by atoms with Crippen molar-refractivity contribution in [2.45, 2.75) is 37.8 Å². The summed E-state index contributed by atoms with van der Waals surface area (Å²) in [6, 6.07) is 8.73. The van der Waals surface area contributed by atoms with Gasteiger partial charge in [-0.2, -0.15) is 13.2 Å². The van der Waals surface area contributed by atoms with Gasteiger partial charge in [0, 0.05) is 12.3 Å². The molecule has 1 heterocycles. The summed E-state index contributed by atoms with van der Waals surface area (Å²) in [5, 5.41) is 8.58. The van der Waals surface area contributed by atoms with Crippen LogP contribution in [0.4, 0.5) is 13.2 Å². The van der Waals surface area contributed by atoms with E-state index in [1.165, 1.54) is 0 Å². The molecule has 1 saturated heterocycles. The number of carboxylic acid groups (broad SMARTS) is 1. The second-order valence-corrected chi connectivity index (χ2v) is 5.57. The van der Waals surface area contributed by atoms with Crippen LogP contribution in [-0.4, -0.2) is 30.1 Å². The molecular formula is C17H19F3O4. The molecule has 0 spiro atoms. The number of benzene rings is 1. The Labute approximate surface area is 137 Å². The molecule has 1 fully saturated rings. The molecule has 24 heavy (non-hydrogen) atoms. The van der Waals surface area contributed by atoms with Crippen molar-refractivity contribution in [3.8, 4) is 0 Å². The van der Waals surface area contributed by atoms with Gasteiger partial charge in [0.15, 0.2) is 0 Å². The summed E-state index contributed by atoms with van der Waals surface area (Å²) in [5.74, 6) is -1.16. The zero-order valence-corrected chi connectivity index (χ0v) is 12.9. The summed E-state index contributed by atoms with van der Waals surface area (Å²) in [7, 11) is 0. The molecule has 132 valence electrons. The minimum absolute atomic E-state index is 0.0203. The largest absolute Gasteiger partial charge is 0.481 e. The molecule has 0 saturated carbocycles. The third kappa shape index (κ3) is 5.35. The lowest BCUT2D eigenvalue weighted by molar-refractivity contribution is -0.353. The average Bonchev–Trinajstić information content (AvgIpc) is 2.54. The summed E-state index contributed by atoms with van der Waals surface area (Å²) in [5.41, 5.74) is 0.666. The van der Waals surface area contributed by atoms with Gasteiger partial charge in [-0.15, -0.1) is 0 Å². The van der Waals surface area contributed by atoms with E-state index in [-0.39, 0.29) is 18.9 Å². The molecule has 1 aliphatic heterocycles. The van der Waals surface area contributed by atoms with Crippen LogP contribution in [-0.2, 0) is 14.3 Å². The second kappa shape index (κ2) is 8.30. The highest BCUT2D eigenvalue weighted by Gasteiger charge is 2.47. The van der Waals surface area contributed by atoms with Gasteiger partial charge in [0.2, 0.25) is 0 Å². The Bertz CT molecular complexity index is 557. The van der Waals surface area contributed by atoms with Gasteiger partial charge >= 0.3 is 12.1 Å². The van der Waals surface area contributed by atoms with Gasteiger partial charge in [0.25, 0.3) is 6.29 Å². The molecular weight excluding hydrogens is 325 g/mol. The highest BCUT2D eigenvalue weighted by molar-refractivity contribution is 5.66. The number of hydrogen-bond donors (Lipinski definition) is 1. The first kappa shape index (κ1) is 18.5. The lowest BCUT2D eigenvalue weighted by Crippen LogP contribution is -2.43. The summed E-state index contributed by atoms with van der Waals surface area (Å²) < 4.78 is 48.6.